The Hall–Kier alpha value is -2.12. The smallest absolute Gasteiger partial charge is 0.210 e. The summed E-state index contributed by atoms with van der Waals surface area (Å²) < 4.78 is 2.61. The van der Waals surface area contributed by atoms with Crippen LogP contribution in [-0.2, 0) is 7.05 Å². The number of hydrogen-bond donors (Lipinski definition) is 1. The van der Waals surface area contributed by atoms with Crippen LogP contribution in [0.15, 0.2) is 46.9 Å². The van der Waals surface area contributed by atoms with E-state index in [1.807, 2.05) is 61.1 Å². The van der Waals surface area contributed by atoms with Gasteiger partial charge in [0.1, 0.15) is 0 Å². The van der Waals surface area contributed by atoms with E-state index in [-0.39, 0.29) is 5.78 Å². The highest BCUT2D eigenvalue weighted by Gasteiger charge is 2.12. The Labute approximate surface area is 142 Å². The molecule has 2 aromatic heterocycles. The van der Waals surface area contributed by atoms with Gasteiger partial charge in [0.15, 0.2) is 10.1 Å². The number of ketones is 1. The summed E-state index contributed by atoms with van der Waals surface area (Å²) in [6.07, 6.45) is 1.87. The summed E-state index contributed by atoms with van der Waals surface area (Å²) in [5.41, 5.74) is 2.87. The minimum Gasteiger partial charge on any atom is -0.348 e. The van der Waals surface area contributed by atoms with Crippen molar-refractivity contribution in [3.8, 4) is 0 Å². The molecular formula is C16H16N4OS2. The third-order valence-corrected chi connectivity index (χ3v) is 5.20. The van der Waals surface area contributed by atoms with Gasteiger partial charge in [0.05, 0.1) is 11.4 Å². The first-order valence-electron chi connectivity index (χ1n) is 7.06. The van der Waals surface area contributed by atoms with Crippen molar-refractivity contribution < 1.29 is 4.79 Å². The first-order valence-corrected chi connectivity index (χ1v) is 8.86. The summed E-state index contributed by atoms with van der Waals surface area (Å²) >= 11 is 2.86. The quantitative estimate of drug-likeness (QED) is 0.543. The average molecular weight is 344 g/mol. The molecule has 0 aliphatic rings. The number of carbonyl (C=O) groups excluding carboxylic acids is 1. The Morgan fingerprint density at radius 1 is 1.30 bits per heavy atom. The summed E-state index contributed by atoms with van der Waals surface area (Å²) in [4.78, 5) is 12.1. The fourth-order valence-corrected chi connectivity index (χ4v) is 3.76. The Morgan fingerprint density at radius 2 is 2.17 bits per heavy atom. The molecule has 0 bridgehead atoms. The lowest BCUT2D eigenvalue weighted by molar-refractivity contribution is 0.101. The molecule has 0 radical (unpaired) electrons. The molecule has 0 saturated carbocycles. The number of aromatic nitrogens is 3. The number of aryl methyl sites for hydroxylation is 2. The van der Waals surface area contributed by atoms with Gasteiger partial charge in [0.2, 0.25) is 5.13 Å². The molecule has 3 rings (SSSR count). The van der Waals surface area contributed by atoms with Crippen molar-refractivity contribution in [3.63, 3.8) is 0 Å². The maximum absolute atomic E-state index is 12.1. The highest BCUT2D eigenvalue weighted by molar-refractivity contribution is 8.01. The number of hydrogen-bond acceptors (Lipinski definition) is 6. The van der Waals surface area contributed by atoms with Crippen LogP contribution in [-0.4, -0.2) is 26.3 Å². The molecule has 0 unspecified atom stereocenters. The van der Waals surface area contributed by atoms with Crippen molar-refractivity contribution in [2.24, 2.45) is 7.05 Å². The molecule has 0 atom stereocenters. The molecule has 118 valence electrons. The molecule has 7 heteroatoms. The molecule has 2 heterocycles. The normalized spacial score (nSPS) is 10.7. The van der Waals surface area contributed by atoms with Gasteiger partial charge in [-0.1, -0.05) is 35.2 Å². The Morgan fingerprint density at radius 3 is 2.91 bits per heavy atom. The first kappa shape index (κ1) is 15.8. The highest BCUT2D eigenvalue weighted by Crippen LogP contribution is 2.28. The van der Waals surface area contributed by atoms with Crippen LogP contribution < -0.4 is 5.32 Å². The molecule has 0 saturated heterocycles. The predicted octanol–water partition coefficient (Wildman–Crippen LogP) is 3.90. The van der Waals surface area contributed by atoms with Gasteiger partial charge < -0.3 is 9.88 Å². The van der Waals surface area contributed by atoms with Crippen LogP contribution in [0.1, 0.15) is 16.1 Å². The van der Waals surface area contributed by atoms with Crippen LogP contribution in [0.3, 0.4) is 0 Å². The number of benzene rings is 1. The molecular weight excluding hydrogens is 328 g/mol. The van der Waals surface area contributed by atoms with Crippen molar-refractivity contribution >= 4 is 39.7 Å². The third-order valence-electron chi connectivity index (χ3n) is 3.23. The summed E-state index contributed by atoms with van der Waals surface area (Å²) in [6, 6.07) is 11.8. The maximum atomic E-state index is 12.1. The number of rotatable bonds is 6. The lowest BCUT2D eigenvalue weighted by Crippen LogP contribution is -2.07. The second-order valence-corrected chi connectivity index (χ2v) is 7.28. The van der Waals surface area contributed by atoms with Crippen molar-refractivity contribution in [2.75, 3.05) is 11.1 Å². The SMILES string of the molecule is Cc1cccc(Nc2nnc(SCC(=O)c3cccn3C)s2)c1. The Kier molecular flexibility index (Phi) is 4.78. The molecule has 0 amide bonds. The zero-order valence-corrected chi connectivity index (χ0v) is 14.4. The van der Waals surface area contributed by atoms with E-state index < -0.39 is 0 Å². The van der Waals surface area contributed by atoms with Gasteiger partial charge in [0.25, 0.3) is 0 Å². The van der Waals surface area contributed by atoms with Crippen molar-refractivity contribution in [2.45, 2.75) is 11.3 Å². The number of nitrogens with zero attached hydrogens (tertiary/aromatic N) is 3. The summed E-state index contributed by atoms with van der Waals surface area (Å²) in [6.45, 7) is 2.04. The van der Waals surface area contributed by atoms with Gasteiger partial charge in [-0.3, -0.25) is 4.79 Å². The van der Waals surface area contributed by atoms with E-state index >= 15 is 0 Å². The van der Waals surface area contributed by atoms with Crippen LogP contribution in [0.4, 0.5) is 10.8 Å². The largest absolute Gasteiger partial charge is 0.348 e. The van der Waals surface area contributed by atoms with E-state index in [2.05, 4.69) is 15.5 Å². The van der Waals surface area contributed by atoms with Gasteiger partial charge in [-0.25, -0.2) is 0 Å². The zero-order chi connectivity index (χ0) is 16.2. The van der Waals surface area contributed by atoms with Gasteiger partial charge in [0, 0.05) is 18.9 Å². The third kappa shape index (κ3) is 4.00. The number of carbonyl (C=O) groups is 1. The van der Waals surface area contributed by atoms with Crippen LogP contribution in [0.25, 0.3) is 0 Å². The minimum atomic E-state index is 0.0888. The number of anilines is 2. The Balaban J connectivity index is 1.59. The van der Waals surface area contributed by atoms with Crippen LogP contribution in [0.5, 0.6) is 0 Å². The van der Waals surface area contributed by atoms with Crippen LogP contribution >= 0.6 is 23.1 Å². The zero-order valence-electron chi connectivity index (χ0n) is 12.8. The molecule has 0 fully saturated rings. The molecule has 1 N–H and O–H groups in total. The van der Waals surface area contributed by atoms with E-state index in [1.165, 1.54) is 28.7 Å². The number of Topliss-reactive ketones (excluding diaryl/α,β-unsaturated/α-hetero) is 1. The summed E-state index contributed by atoms with van der Waals surface area (Å²) in [5, 5.41) is 12.2. The second-order valence-electron chi connectivity index (χ2n) is 5.08. The van der Waals surface area contributed by atoms with Crippen molar-refractivity contribution in [1.82, 2.24) is 14.8 Å². The maximum Gasteiger partial charge on any atom is 0.210 e. The molecule has 5 nitrogen and oxygen atoms in total. The van der Waals surface area contributed by atoms with E-state index in [1.54, 1.807) is 0 Å². The monoisotopic (exact) mass is 344 g/mol. The van der Waals surface area contributed by atoms with Crippen LogP contribution in [0, 0.1) is 6.92 Å². The summed E-state index contributed by atoms with van der Waals surface area (Å²) in [7, 11) is 1.87. The highest BCUT2D eigenvalue weighted by atomic mass is 32.2. The molecule has 0 aliphatic carbocycles. The van der Waals surface area contributed by atoms with Crippen molar-refractivity contribution in [1.29, 1.82) is 0 Å². The summed E-state index contributed by atoms with van der Waals surface area (Å²) in [5.74, 6) is 0.447. The van der Waals surface area contributed by atoms with Gasteiger partial charge in [-0.2, -0.15) is 0 Å². The number of nitrogens with one attached hydrogen (secondary N) is 1. The van der Waals surface area contributed by atoms with E-state index in [0.717, 1.165) is 15.2 Å². The van der Waals surface area contributed by atoms with Crippen LogP contribution in [0.2, 0.25) is 0 Å². The molecule has 1 aromatic carbocycles. The molecule has 23 heavy (non-hydrogen) atoms. The lowest BCUT2D eigenvalue weighted by Gasteiger charge is -2.02. The predicted molar refractivity (Wildman–Crippen MR) is 94.8 cm³/mol. The molecule has 0 aliphatic heterocycles. The van der Waals surface area contributed by atoms with E-state index in [4.69, 9.17) is 0 Å². The topological polar surface area (TPSA) is 59.8 Å². The number of thioether (sulfide) groups is 1. The standard InChI is InChI=1S/C16H16N4OS2/c1-11-5-3-6-12(9-11)17-15-18-19-16(23-15)22-10-14(21)13-7-4-8-20(13)2/h3-9H,10H2,1-2H3,(H,17,18). The average Bonchev–Trinajstić information content (AvgIpc) is 3.14. The first-order chi connectivity index (χ1) is 11.1. The lowest BCUT2D eigenvalue weighted by atomic mass is 10.2. The van der Waals surface area contributed by atoms with E-state index in [9.17, 15) is 4.79 Å². The van der Waals surface area contributed by atoms with E-state index in [0.29, 0.717) is 11.4 Å². The van der Waals surface area contributed by atoms with Crippen molar-refractivity contribution in [3.05, 3.63) is 53.9 Å². The second kappa shape index (κ2) is 6.97. The fourth-order valence-electron chi connectivity index (χ4n) is 2.12. The van der Waals surface area contributed by atoms with Gasteiger partial charge >= 0.3 is 0 Å². The Bertz CT molecular complexity index is 825. The molecule has 0 spiro atoms. The minimum absolute atomic E-state index is 0.0888. The van der Waals surface area contributed by atoms with Gasteiger partial charge in [-0.05, 0) is 36.8 Å². The molecule has 3 aromatic rings. The van der Waals surface area contributed by atoms with Gasteiger partial charge in [-0.15, -0.1) is 10.2 Å². The fraction of sp³-hybridized carbons (Fsp3) is 0.188.